The van der Waals surface area contributed by atoms with Gasteiger partial charge in [-0.3, -0.25) is 9.67 Å². The summed E-state index contributed by atoms with van der Waals surface area (Å²) < 4.78 is 48.3. The van der Waals surface area contributed by atoms with Crippen molar-refractivity contribution in [1.82, 2.24) is 39.7 Å². The molecule has 35 heavy (non-hydrogen) atoms. The number of benzene rings is 1. The molecule has 0 aliphatic rings. The zero-order valence-electron chi connectivity index (χ0n) is 18.5. The average molecular weight is 481 g/mol. The van der Waals surface area contributed by atoms with Crippen molar-refractivity contribution >= 4 is 22.4 Å². The Labute approximate surface area is 196 Å². The van der Waals surface area contributed by atoms with Crippen molar-refractivity contribution in [3.05, 3.63) is 66.4 Å². The van der Waals surface area contributed by atoms with Gasteiger partial charge in [0.25, 0.3) is 0 Å². The number of pyridine rings is 1. The number of aromatic nitrogens is 8. The third kappa shape index (κ3) is 4.23. The van der Waals surface area contributed by atoms with Gasteiger partial charge in [-0.1, -0.05) is 23.4 Å². The lowest BCUT2D eigenvalue weighted by molar-refractivity contribution is -0.141. The Bertz CT molecular complexity index is 1500. The van der Waals surface area contributed by atoms with E-state index in [0.29, 0.717) is 28.2 Å². The average Bonchev–Trinajstić information content (AvgIpc) is 3.41. The molecule has 5 rings (SSSR count). The minimum Gasteiger partial charge on any atom is -0.491 e. The Morgan fingerprint density at radius 3 is 2.60 bits per heavy atom. The molecule has 5 aromatic rings. The monoisotopic (exact) mass is 481 g/mol. The molecule has 4 heterocycles. The first-order valence-corrected chi connectivity index (χ1v) is 10.3. The van der Waals surface area contributed by atoms with Crippen molar-refractivity contribution < 1.29 is 17.9 Å². The molecule has 0 saturated carbocycles. The number of alkyl halides is 3. The zero-order valence-corrected chi connectivity index (χ0v) is 18.5. The number of rotatable bonds is 6. The molecule has 178 valence electrons. The highest BCUT2D eigenvalue weighted by Gasteiger charge is 2.38. The maximum Gasteiger partial charge on any atom is 0.437 e. The SMILES string of the molecule is COc1cnc(-c2nn(Cc3c(C(F)(F)F)nnn3C)c3ccccc23)nc1Nc1ccncc1. The first-order valence-electron chi connectivity index (χ1n) is 10.3. The van der Waals surface area contributed by atoms with Gasteiger partial charge in [-0.25, -0.2) is 14.6 Å². The molecule has 0 amide bonds. The van der Waals surface area contributed by atoms with Crippen LogP contribution in [0, 0.1) is 0 Å². The Morgan fingerprint density at radius 2 is 1.86 bits per heavy atom. The van der Waals surface area contributed by atoms with Crippen molar-refractivity contribution in [2.45, 2.75) is 12.7 Å². The van der Waals surface area contributed by atoms with Crippen LogP contribution in [0.5, 0.6) is 5.75 Å². The molecule has 0 fully saturated rings. The van der Waals surface area contributed by atoms with E-state index in [1.54, 1.807) is 36.7 Å². The molecule has 0 aliphatic carbocycles. The van der Waals surface area contributed by atoms with Crippen LogP contribution < -0.4 is 10.1 Å². The number of halogens is 3. The van der Waals surface area contributed by atoms with E-state index in [2.05, 4.69) is 35.7 Å². The number of methoxy groups -OCH3 is 1. The quantitative estimate of drug-likeness (QED) is 0.390. The summed E-state index contributed by atoms with van der Waals surface area (Å²) in [6.45, 7) is -0.197. The van der Waals surface area contributed by atoms with Gasteiger partial charge in [-0.15, -0.1) is 5.10 Å². The number of aryl methyl sites for hydroxylation is 1. The number of fused-ring (bicyclic) bond motifs is 1. The number of hydrogen-bond acceptors (Lipinski definition) is 8. The fourth-order valence-corrected chi connectivity index (χ4v) is 3.63. The standard InChI is InChI=1S/C22H18F3N9O/c1-33-16(19(30-32-33)22(23,24)25)12-34-15-6-4-3-5-14(15)18(31-34)21-27-11-17(35-2)20(29-21)28-13-7-9-26-10-8-13/h3-11H,12H2,1-2H3,(H,26,27,28,29). The Kier molecular flexibility index (Phi) is 5.51. The molecule has 1 N–H and O–H groups in total. The van der Waals surface area contributed by atoms with Crippen LogP contribution in [0.3, 0.4) is 0 Å². The zero-order chi connectivity index (χ0) is 24.6. The molecule has 1 aromatic carbocycles. The summed E-state index contributed by atoms with van der Waals surface area (Å²) in [5, 5.41) is 15.3. The van der Waals surface area contributed by atoms with Crippen LogP contribution in [0.4, 0.5) is 24.7 Å². The van der Waals surface area contributed by atoms with E-state index in [1.165, 1.54) is 25.0 Å². The van der Waals surface area contributed by atoms with Crippen molar-refractivity contribution in [3.8, 4) is 17.3 Å². The highest BCUT2D eigenvalue weighted by Crippen LogP contribution is 2.33. The van der Waals surface area contributed by atoms with Gasteiger partial charge in [0, 0.05) is 30.5 Å². The number of hydrogen-bond donors (Lipinski definition) is 1. The molecule has 0 radical (unpaired) electrons. The molecule has 0 aliphatic heterocycles. The van der Waals surface area contributed by atoms with Crippen molar-refractivity contribution in [2.24, 2.45) is 7.05 Å². The molecule has 4 aromatic heterocycles. The van der Waals surface area contributed by atoms with Crippen LogP contribution in [-0.2, 0) is 19.8 Å². The van der Waals surface area contributed by atoms with Gasteiger partial charge in [0.1, 0.15) is 5.69 Å². The number of anilines is 2. The smallest absolute Gasteiger partial charge is 0.437 e. The molecule has 0 atom stereocenters. The van der Waals surface area contributed by atoms with Crippen LogP contribution in [0.2, 0.25) is 0 Å². The minimum atomic E-state index is -4.64. The van der Waals surface area contributed by atoms with E-state index in [9.17, 15) is 13.2 Å². The minimum absolute atomic E-state index is 0.118. The molecule has 10 nitrogen and oxygen atoms in total. The molecule has 0 bridgehead atoms. The number of nitrogens with zero attached hydrogens (tertiary/aromatic N) is 8. The topological polar surface area (TPSA) is 108 Å². The molecule has 0 spiro atoms. The lowest BCUT2D eigenvalue weighted by atomic mass is 10.2. The highest BCUT2D eigenvalue weighted by molar-refractivity contribution is 5.92. The van der Waals surface area contributed by atoms with Gasteiger partial charge in [0.05, 0.1) is 31.1 Å². The summed E-state index contributed by atoms with van der Waals surface area (Å²) in [7, 11) is 2.91. The summed E-state index contributed by atoms with van der Waals surface area (Å²) in [5.41, 5.74) is 0.588. The van der Waals surface area contributed by atoms with Gasteiger partial charge >= 0.3 is 6.18 Å². The second-order valence-corrected chi connectivity index (χ2v) is 7.50. The normalized spacial score (nSPS) is 11.7. The van der Waals surface area contributed by atoms with Crippen LogP contribution >= 0.6 is 0 Å². The maximum absolute atomic E-state index is 13.5. The van der Waals surface area contributed by atoms with Crippen LogP contribution in [0.25, 0.3) is 22.4 Å². The van der Waals surface area contributed by atoms with Gasteiger partial charge < -0.3 is 10.1 Å². The number of ether oxygens (including phenoxy) is 1. The van der Waals surface area contributed by atoms with Crippen LogP contribution in [0.1, 0.15) is 11.4 Å². The predicted molar refractivity (Wildman–Crippen MR) is 120 cm³/mol. The second-order valence-electron chi connectivity index (χ2n) is 7.50. The number of para-hydroxylation sites is 1. The van der Waals surface area contributed by atoms with Gasteiger partial charge in [0.2, 0.25) is 0 Å². The summed E-state index contributed by atoms with van der Waals surface area (Å²) in [4.78, 5) is 13.0. The van der Waals surface area contributed by atoms with Gasteiger partial charge in [-0.05, 0) is 18.2 Å². The Balaban J connectivity index is 1.59. The van der Waals surface area contributed by atoms with Crippen molar-refractivity contribution in [2.75, 3.05) is 12.4 Å². The first kappa shape index (κ1) is 22.3. The molecule has 13 heteroatoms. The Hall–Kier alpha value is -4.55. The van der Waals surface area contributed by atoms with Gasteiger partial charge in [-0.2, -0.15) is 18.3 Å². The predicted octanol–water partition coefficient (Wildman–Crippen LogP) is 3.84. The highest BCUT2D eigenvalue weighted by atomic mass is 19.4. The lowest BCUT2D eigenvalue weighted by Gasteiger charge is -2.10. The van der Waals surface area contributed by atoms with Crippen LogP contribution in [0.15, 0.2) is 55.0 Å². The van der Waals surface area contributed by atoms with E-state index < -0.39 is 11.9 Å². The van der Waals surface area contributed by atoms with Crippen molar-refractivity contribution in [3.63, 3.8) is 0 Å². The van der Waals surface area contributed by atoms with Gasteiger partial charge in [0.15, 0.2) is 23.1 Å². The third-order valence-corrected chi connectivity index (χ3v) is 5.30. The molecule has 0 saturated heterocycles. The largest absolute Gasteiger partial charge is 0.491 e. The van der Waals surface area contributed by atoms with Crippen LogP contribution in [-0.4, -0.2) is 46.8 Å². The molecule has 0 unspecified atom stereocenters. The summed E-state index contributed by atoms with van der Waals surface area (Å²) in [5.74, 6) is 1.08. The number of nitrogens with one attached hydrogen (secondary N) is 1. The fraction of sp³-hybridized carbons (Fsp3) is 0.182. The van der Waals surface area contributed by atoms with E-state index >= 15 is 0 Å². The van der Waals surface area contributed by atoms with Crippen molar-refractivity contribution in [1.29, 1.82) is 0 Å². The maximum atomic E-state index is 13.5. The molecular weight excluding hydrogens is 463 g/mol. The molecular formula is C22H18F3N9O. The summed E-state index contributed by atoms with van der Waals surface area (Å²) >= 11 is 0. The lowest BCUT2D eigenvalue weighted by Crippen LogP contribution is -2.14. The van der Waals surface area contributed by atoms with E-state index in [1.807, 2.05) is 12.1 Å². The third-order valence-electron chi connectivity index (χ3n) is 5.30. The van der Waals surface area contributed by atoms with E-state index in [4.69, 9.17) is 4.74 Å². The Morgan fingerprint density at radius 1 is 1.09 bits per heavy atom. The second kappa shape index (κ2) is 8.66. The van der Waals surface area contributed by atoms with E-state index in [-0.39, 0.29) is 18.1 Å². The fourth-order valence-electron chi connectivity index (χ4n) is 3.63. The first-order chi connectivity index (χ1) is 16.8. The summed E-state index contributed by atoms with van der Waals surface area (Å²) in [6, 6.07) is 10.7. The van der Waals surface area contributed by atoms with E-state index in [0.717, 1.165) is 10.4 Å². The summed E-state index contributed by atoms with van der Waals surface area (Å²) in [6.07, 6.45) is 0.137.